The third-order valence-electron chi connectivity index (χ3n) is 13.1. The molecule has 2 nitrogen and oxygen atoms in total. The molecule has 0 N–H and O–H groups in total. The Bertz CT molecular complexity index is 2780. The van der Waals surface area contributed by atoms with Crippen molar-refractivity contribution in [3.8, 4) is 22.3 Å². The monoisotopic (exact) mass is 698 g/mol. The van der Waals surface area contributed by atoms with Crippen LogP contribution >= 0.6 is 0 Å². The Morgan fingerprint density at radius 1 is 0.537 bits per heavy atom. The van der Waals surface area contributed by atoms with Gasteiger partial charge in [-0.15, -0.1) is 0 Å². The van der Waals surface area contributed by atoms with Gasteiger partial charge in [0, 0.05) is 44.4 Å². The van der Waals surface area contributed by atoms with E-state index in [9.17, 15) is 0 Å². The summed E-state index contributed by atoms with van der Waals surface area (Å²) in [6.07, 6.45) is 8.86. The van der Waals surface area contributed by atoms with Crippen LogP contribution < -0.4 is 4.90 Å². The molecule has 0 aliphatic heterocycles. The molecule has 7 aromatic rings. The Kier molecular flexibility index (Phi) is 7.17. The molecule has 6 aromatic carbocycles. The highest BCUT2D eigenvalue weighted by atomic mass is 15.1. The molecular formula is C52H46N2. The summed E-state index contributed by atoms with van der Waals surface area (Å²) >= 11 is 0. The topological polar surface area (TPSA) is 8.17 Å². The van der Waals surface area contributed by atoms with E-state index in [0.29, 0.717) is 0 Å². The number of hydrogen-bond donors (Lipinski definition) is 0. The van der Waals surface area contributed by atoms with Crippen molar-refractivity contribution in [3.63, 3.8) is 0 Å². The van der Waals surface area contributed by atoms with E-state index in [2.05, 4.69) is 197 Å². The Balaban J connectivity index is 1.09. The van der Waals surface area contributed by atoms with Gasteiger partial charge in [-0.2, -0.15) is 0 Å². The number of para-hydroxylation sites is 1. The molecule has 1 aromatic heterocycles. The van der Waals surface area contributed by atoms with Crippen LogP contribution in [-0.4, -0.2) is 4.57 Å². The molecule has 1 heterocycles. The summed E-state index contributed by atoms with van der Waals surface area (Å²) in [6.45, 7) is 14.0. The van der Waals surface area contributed by atoms with Crippen LogP contribution in [0.3, 0.4) is 0 Å². The Labute approximate surface area is 319 Å². The summed E-state index contributed by atoms with van der Waals surface area (Å²) in [5.74, 6) is 0. The van der Waals surface area contributed by atoms with Crippen LogP contribution in [0.4, 0.5) is 17.1 Å². The highest BCUT2D eigenvalue weighted by Gasteiger charge is 2.37. The summed E-state index contributed by atoms with van der Waals surface area (Å²) in [5.41, 5.74) is 20.9. The maximum atomic E-state index is 2.46. The first-order valence-corrected chi connectivity index (χ1v) is 19.5. The molecule has 10 rings (SSSR count). The molecule has 3 aliphatic carbocycles. The molecule has 264 valence electrons. The van der Waals surface area contributed by atoms with Gasteiger partial charge < -0.3 is 9.47 Å². The van der Waals surface area contributed by atoms with Gasteiger partial charge in [-0.05, 0) is 137 Å². The van der Waals surface area contributed by atoms with Crippen molar-refractivity contribution in [1.29, 1.82) is 0 Å². The summed E-state index contributed by atoms with van der Waals surface area (Å²) < 4.78 is 2.46. The van der Waals surface area contributed by atoms with Crippen molar-refractivity contribution >= 4 is 50.1 Å². The lowest BCUT2D eigenvalue weighted by atomic mass is 9.81. The van der Waals surface area contributed by atoms with E-state index < -0.39 is 0 Å². The number of rotatable bonds is 5. The van der Waals surface area contributed by atoms with Crippen LogP contribution in [0, 0.1) is 0 Å². The van der Waals surface area contributed by atoms with Crippen LogP contribution in [0.1, 0.15) is 76.6 Å². The van der Waals surface area contributed by atoms with Crippen molar-refractivity contribution < 1.29 is 0 Å². The van der Waals surface area contributed by atoms with Crippen LogP contribution in [-0.2, 0) is 10.8 Å². The predicted octanol–water partition coefficient (Wildman–Crippen LogP) is 14.5. The molecule has 0 atom stereocenters. The van der Waals surface area contributed by atoms with E-state index >= 15 is 0 Å². The lowest BCUT2D eigenvalue weighted by Gasteiger charge is -2.30. The van der Waals surface area contributed by atoms with Crippen molar-refractivity contribution in [1.82, 2.24) is 4.57 Å². The molecule has 3 aliphatic rings. The van der Waals surface area contributed by atoms with E-state index in [-0.39, 0.29) is 10.8 Å². The molecular weight excluding hydrogens is 653 g/mol. The van der Waals surface area contributed by atoms with Crippen molar-refractivity contribution in [2.24, 2.45) is 0 Å². The minimum Gasteiger partial charge on any atom is -0.313 e. The first-order valence-electron chi connectivity index (χ1n) is 19.5. The van der Waals surface area contributed by atoms with Crippen LogP contribution in [0.2, 0.25) is 0 Å². The van der Waals surface area contributed by atoms with Gasteiger partial charge in [-0.25, -0.2) is 0 Å². The number of aromatic nitrogens is 1. The van der Waals surface area contributed by atoms with Gasteiger partial charge in [0.15, 0.2) is 0 Å². The van der Waals surface area contributed by atoms with Crippen LogP contribution in [0.25, 0.3) is 55.3 Å². The van der Waals surface area contributed by atoms with E-state index in [0.717, 1.165) is 18.5 Å². The minimum atomic E-state index is -0.0818. The molecule has 54 heavy (non-hydrogen) atoms. The SMILES string of the molecule is CC1=C(C)C(C)(C)c2cc(N(c3ccc(-c4ccc5c(c4)c4ccccc4n5C4=CC=CCC4)cc3)c3ccc4c(c3)C(C)(C)c3ccccc3-4)ccc21. The van der Waals surface area contributed by atoms with Crippen LogP contribution in [0.15, 0.2) is 151 Å². The van der Waals surface area contributed by atoms with Crippen molar-refractivity contribution in [2.75, 3.05) is 4.90 Å². The zero-order chi connectivity index (χ0) is 36.9. The Morgan fingerprint density at radius 2 is 1.17 bits per heavy atom. The van der Waals surface area contributed by atoms with Gasteiger partial charge in [0.1, 0.15) is 0 Å². The third-order valence-corrected chi connectivity index (χ3v) is 13.1. The maximum absolute atomic E-state index is 2.46. The van der Waals surface area contributed by atoms with Gasteiger partial charge in [0.25, 0.3) is 0 Å². The highest BCUT2D eigenvalue weighted by molar-refractivity contribution is 6.11. The molecule has 2 heteroatoms. The fraction of sp³-hybridized carbons (Fsp3) is 0.192. The molecule has 0 radical (unpaired) electrons. The number of hydrogen-bond acceptors (Lipinski definition) is 1. The highest BCUT2D eigenvalue weighted by Crippen LogP contribution is 2.52. The molecule has 0 fully saturated rings. The zero-order valence-corrected chi connectivity index (χ0v) is 32.2. The van der Waals surface area contributed by atoms with E-state index in [1.807, 2.05) is 0 Å². The average molecular weight is 699 g/mol. The maximum Gasteiger partial charge on any atom is 0.0538 e. The molecule has 0 amide bonds. The molecule has 0 saturated carbocycles. The van der Waals surface area contributed by atoms with E-state index in [1.54, 1.807) is 0 Å². The third kappa shape index (κ3) is 4.72. The number of benzene rings is 6. The van der Waals surface area contributed by atoms with Gasteiger partial charge in [-0.3, -0.25) is 0 Å². The fourth-order valence-electron chi connectivity index (χ4n) is 9.71. The van der Waals surface area contributed by atoms with Gasteiger partial charge in [0.2, 0.25) is 0 Å². The Morgan fingerprint density at radius 3 is 1.93 bits per heavy atom. The molecule has 0 saturated heterocycles. The number of fused-ring (bicyclic) bond motifs is 7. The lowest BCUT2D eigenvalue weighted by molar-refractivity contribution is 0.639. The normalized spacial score (nSPS) is 16.4. The van der Waals surface area contributed by atoms with Gasteiger partial charge >= 0.3 is 0 Å². The quantitative estimate of drug-likeness (QED) is 0.174. The standard InChI is InChI=1S/C52H46N2/c1-33-34(2)51(3,4)47-31-39(25-27-41(33)47)53(40-26-28-43-42-16-10-12-18-46(42)52(5,6)48(43)32-40)38-23-20-35(21-24-38)36-22-29-50-45(30-36)44-17-11-13-19-49(44)54(50)37-14-8-7-9-15-37/h7-8,10-14,16-32H,9,15H2,1-6H3. The number of anilines is 3. The van der Waals surface area contributed by atoms with Crippen molar-refractivity contribution in [3.05, 3.63) is 173 Å². The lowest BCUT2D eigenvalue weighted by Crippen LogP contribution is -2.18. The largest absolute Gasteiger partial charge is 0.313 e. The average Bonchev–Trinajstić information content (AvgIpc) is 3.72. The first-order chi connectivity index (χ1) is 26.1. The fourth-order valence-corrected chi connectivity index (χ4v) is 9.71. The zero-order valence-electron chi connectivity index (χ0n) is 32.2. The smallest absolute Gasteiger partial charge is 0.0538 e. The van der Waals surface area contributed by atoms with Crippen molar-refractivity contribution in [2.45, 2.75) is 65.2 Å². The second-order valence-corrected chi connectivity index (χ2v) is 16.6. The second-order valence-electron chi connectivity index (χ2n) is 16.6. The van der Waals surface area contributed by atoms with E-state index in [4.69, 9.17) is 0 Å². The molecule has 0 bridgehead atoms. The molecule has 0 unspecified atom stereocenters. The summed E-state index contributed by atoms with van der Waals surface area (Å²) in [5, 5.41) is 2.60. The minimum absolute atomic E-state index is 0.0154. The number of allylic oxidation sites excluding steroid dienone is 6. The summed E-state index contributed by atoms with van der Waals surface area (Å²) in [4.78, 5) is 2.46. The number of nitrogens with zero attached hydrogens (tertiary/aromatic N) is 2. The summed E-state index contributed by atoms with van der Waals surface area (Å²) in [7, 11) is 0. The van der Waals surface area contributed by atoms with Gasteiger partial charge in [0.05, 0.1) is 11.0 Å². The Hall–Kier alpha value is -5.86. The summed E-state index contributed by atoms with van der Waals surface area (Å²) in [6, 6.07) is 48.2. The first kappa shape index (κ1) is 32.8. The van der Waals surface area contributed by atoms with Gasteiger partial charge in [-0.1, -0.05) is 118 Å². The van der Waals surface area contributed by atoms with Crippen LogP contribution in [0.5, 0.6) is 0 Å². The second kappa shape index (κ2) is 11.8. The predicted molar refractivity (Wildman–Crippen MR) is 231 cm³/mol. The molecule has 0 spiro atoms. The van der Waals surface area contributed by atoms with E-state index in [1.165, 1.54) is 94.5 Å².